The predicted molar refractivity (Wildman–Crippen MR) is 69.5 cm³/mol. The van der Waals surface area contributed by atoms with Crippen molar-refractivity contribution in [2.45, 2.75) is 45.3 Å². The van der Waals surface area contributed by atoms with Gasteiger partial charge in [0, 0.05) is 12.6 Å². The van der Waals surface area contributed by atoms with Gasteiger partial charge < -0.3 is 15.4 Å². The molecule has 0 spiro atoms. The maximum absolute atomic E-state index is 11.5. The smallest absolute Gasteiger partial charge is 0.407 e. The van der Waals surface area contributed by atoms with Gasteiger partial charge in [-0.3, -0.25) is 0 Å². The van der Waals surface area contributed by atoms with Crippen LogP contribution in [0.5, 0.6) is 0 Å². The number of piperidine rings is 1. The molecule has 1 aliphatic carbocycles. The highest BCUT2D eigenvalue weighted by Gasteiger charge is 2.39. The molecule has 1 amide bonds. The van der Waals surface area contributed by atoms with E-state index in [0.29, 0.717) is 12.0 Å². The van der Waals surface area contributed by atoms with Crippen LogP contribution in [0.15, 0.2) is 0 Å². The second kappa shape index (κ2) is 5.44. The maximum Gasteiger partial charge on any atom is 0.407 e. The molecular formula is C12H23ClN2O2. The first-order valence-electron chi connectivity index (χ1n) is 6.14. The lowest BCUT2D eigenvalue weighted by Gasteiger charge is -2.24. The molecule has 1 saturated heterocycles. The van der Waals surface area contributed by atoms with Crippen LogP contribution in [0.2, 0.25) is 0 Å². The van der Waals surface area contributed by atoms with Gasteiger partial charge in [0.2, 0.25) is 0 Å². The summed E-state index contributed by atoms with van der Waals surface area (Å²) in [5, 5.41) is 6.34. The fourth-order valence-corrected chi connectivity index (χ4v) is 2.73. The van der Waals surface area contributed by atoms with Gasteiger partial charge in [0.15, 0.2) is 0 Å². The summed E-state index contributed by atoms with van der Waals surface area (Å²) in [6, 6.07) is 0.690. The Hall–Kier alpha value is -0.480. The minimum Gasteiger partial charge on any atom is -0.444 e. The molecule has 2 aliphatic rings. The summed E-state index contributed by atoms with van der Waals surface area (Å²) in [4.78, 5) is 11.5. The van der Waals surface area contributed by atoms with Gasteiger partial charge in [-0.2, -0.15) is 0 Å². The third kappa shape index (κ3) is 4.03. The minimum absolute atomic E-state index is 0. The molecule has 0 radical (unpaired) electrons. The topological polar surface area (TPSA) is 50.4 Å². The molecule has 17 heavy (non-hydrogen) atoms. The van der Waals surface area contributed by atoms with E-state index in [-0.39, 0.29) is 18.5 Å². The van der Waals surface area contributed by atoms with Crippen molar-refractivity contribution in [2.24, 2.45) is 11.8 Å². The number of nitrogens with one attached hydrogen (secondary N) is 2. The Balaban J connectivity index is 0.00000144. The Morgan fingerprint density at radius 3 is 2.59 bits per heavy atom. The summed E-state index contributed by atoms with van der Waals surface area (Å²) in [6.07, 6.45) is 2.18. The zero-order valence-electron chi connectivity index (χ0n) is 10.8. The van der Waals surface area contributed by atoms with Crippen LogP contribution in [-0.4, -0.2) is 30.8 Å². The average molecular weight is 263 g/mol. The van der Waals surface area contributed by atoms with Gasteiger partial charge in [-0.15, -0.1) is 12.4 Å². The Kier molecular flexibility index (Phi) is 4.67. The molecule has 0 unspecified atom stereocenters. The van der Waals surface area contributed by atoms with Gasteiger partial charge in [-0.1, -0.05) is 0 Å². The predicted octanol–water partition coefficient (Wildman–Crippen LogP) is 1.93. The van der Waals surface area contributed by atoms with Crippen LogP contribution in [0.3, 0.4) is 0 Å². The summed E-state index contributed by atoms with van der Waals surface area (Å²) in [5.41, 5.74) is -0.402. The third-order valence-corrected chi connectivity index (χ3v) is 3.42. The number of halogens is 1. The quantitative estimate of drug-likeness (QED) is 0.800. The first-order chi connectivity index (χ1) is 7.44. The van der Waals surface area contributed by atoms with Crippen molar-refractivity contribution in [2.75, 3.05) is 13.1 Å². The normalized spacial score (nSPS) is 30.9. The number of fused-ring (bicyclic) bond motifs is 2. The van der Waals surface area contributed by atoms with Crippen molar-refractivity contribution < 1.29 is 9.53 Å². The largest absolute Gasteiger partial charge is 0.444 e. The minimum atomic E-state index is -0.402. The van der Waals surface area contributed by atoms with Gasteiger partial charge in [0.05, 0.1) is 0 Å². The Labute approximate surface area is 109 Å². The lowest BCUT2D eigenvalue weighted by molar-refractivity contribution is 0.0514. The van der Waals surface area contributed by atoms with Crippen LogP contribution in [0.25, 0.3) is 0 Å². The molecule has 3 atom stereocenters. The molecule has 0 aromatic rings. The van der Waals surface area contributed by atoms with Crippen molar-refractivity contribution in [1.82, 2.24) is 10.6 Å². The number of ether oxygens (including phenoxy) is 1. The zero-order chi connectivity index (χ0) is 11.8. The summed E-state index contributed by atoms with van der Waals surface area (Å²) >= 11 is 0. The highest BCUT2D eigenvalue weighted by atomic mass is 35.5. The summed E-state index contributed by atoms with van der Waals surface area (Å²) < 4.78 is 5.21. The first-order valence-corrected chi connectivity index (χ1v) is 6.14. The SMILES string of the molecule is CC(C)(C)OC(=O)NC[C@H]1C[C@H]2C[C@@H]1CN2.Cl. The molecule has 4 nitrogen and oxygen atoms in total. The standard InChI is InChI=1S/C12H22N2O2.ClH/c1-12(2,3)16-11(15)14-7-9-5-10-4-8(9)6-13-10;/h8-10,13H,4-7H2,1-3H3,(H,14,15);1H/t8-,9-,10-;/m1./s1. The van der Waals surface area contributed by atoms with Crippen molar-refractivity contribution in [1.29, 1.82) is 0 Å². The van der Waals surface area contributed by atoms with Gasteiger partial charge in [0.25, 0.3) is 0 Å². The van der Waals surface area contributed by atoms with Crippen LogP contribution in [0.4, 0.5) is 4.79 Å². The van der Waals surface area contributed by atoms with Crippen molar-refractivity contribution >= 4 is 18.5 Å². The highest BCUT2D eigenvalue weighted by Crippen LogP contribution is 2.35. The number of amides is 1. The molecular weight excluding hydrogens is 240 g/mol. The number of rotatable bonds is 2. The number of hydrogen-bond acceptors (Lipinski definition) is 3. The fourth-order valence-electron chi connectivity index (χ4n) is 2.73. The Morgan fingerprint density at radius 2 is 2.12 bits per heavy atom. The molecule has 5 heteroatoms. The molecule has 1 aliphatic heterocycles. The van der Waals surface area contributed by atoms with E-state index in [0.717, 1.165) is 19.0 Å². The number of alkyl carbamates (subject to hydrolysis) is 1. The van der Waals surface area contributed by atoms with Crippen molar-refractivity contribution in [3.63, 3.8) is 0 Å². The molecule has 0 aromatic heterocycles. The van der Waals surface area contributed by atoms with E-state index < -0.39 is 5.60 Å². The van der Waals surface area contributed by atoms with E-state index in [1.807, 2.05) is 20.8 Å². The Bertz CT molecular complexity index is 278. The van der Waals surface area contributed by atoms with Gasteiger partial charge in [0.1, 0.15) is 5.60 Å². The number of carbonyl (C=O) groups is 1. The second-order valence-electron chi connectivity index (χ2n) is 5.98. The summed E-state index contributed by atoms with van der Waals surface area (Å²) in [7, 11) is 0. The monoisotopic (exact) mass is 262 g/mol. The van der Waals surface area contributed by atoms with Crippen LogP contribution >= 0.6 is 12.4 Å². The number of hydrogen-bond donors (Lipinski definition) is 2. The molecule has 2 fully saturated rings. The molecule has 0 aromatic carbocycles. The van der Waals surface area contributed by atoms with Gasteiger partial charge in [-0.05, 0) is 52.0 Å². The van der Waals surface area contributed by atoms with Crippen molar-refractivity contribution in [3.8, 4) is 0 Å². The van der Waals surface area contributed by atoms with E-state index in [4.69, 9.17) is 4.74 Å². The second-order valence-corrected chi connectivity index (χ2v) is 5.98. The molecule has 1 heterocycles. The van der Waals surface area contributed by atoms with E-state index in [2.05, 4.69) is 10.6 Å². The van der Waals surface area contributed by atoms with Crippen LogP contribution in [0, 0.1) is 11.8 Å². The van der Waals surface area contributed by atoms with Gasteiger partial charge in [-0.25, -0.2) is 4.79 Å². The fraction of sp³-hybridized carbons (Fsp3) is 0.917. The zero-order valence-corrected chi connectivity index (χ0v) is 11.6. The van der Waals surface area contributed by atoms with Crippen LogP contribution < -0.4 is 10.6 Å². The highest BCUT2D eigenvalue weighted by molar-refractivity contribution is 5.85. The number of carbonyl (C=O) groups excluding carboxylic acids is 1. The van der Waals surface area contributed by atoms with Gasteiger partial charge >= 0.3 is 6.09 Å². The third-order valence-electron chi connectivity index (χ3n) is 3.42. The molecule has 100 valence electrons. The van der Waals surface area contributed by atoms with Crippen LogP contribution in [0.1, 0.15) is 33.6 Å². The summed E-state index contributed by atoms with van der Waals surface area (Å²) in [5.74, 6) is 1.39. The van der Waals surface area contributed by atoms with E-state index in [1.165, 1.54) is 12.8 Å². The lowest BCUT2D eigenvalue weighted by Crippen LogP contribution is -2.39. The van der Waals surface area contributed by atoms with E-state index >= 15 is 0 Å². The van der Waals surface area contributed by atoms with E-state index in [9.17, 15) is 4.79 Å². The van der Waals surface area contributed by atoms with E-state index in [1.54, 1.807) is 0 Å². The summed E-state index contributed by atoms with van der Waals surface area (Å²) in [6.45, 7) is 7.53. The molecule has 2 N–H and O–H groups in total. The molecule has 2 rings (SSSR count). The lowest BCUT2D eigenvalue weighted by atomic mass is 9.95. The average Bonchev–Trinajstić information content (AvgIpc) is 2.72. The first kappa shape index (κ1) is 14.6. The van der Waals surface area contributed by atoms with Crippen molar-refractivity contribution in [3.05, 3.63) is 0 Å². The molecule has 2 bridgehead atoms. The Morgan fingerprint density at radius 1 is 1.41 bits per heavy atom. The maximum atomic E-state index is 11.5. The van der Waals surface area contributed by atoms with Crippen LogP contribution in [-0.2, 0) is 4.74 Å². The molecule has 1 saturated carbocycles.